The molecule has 3 aromatic rings. The number of allylic oxidation sites excluding steroid dienone is 1. The van der Waals surface area contributed by atoms with E-state index in [0.29, 0.717) is 5.92 Å². The lowest BCUT2D eigenvalue weighted by Crippen LogP contribution is -2.19. The van der Waals surface area contributed by atoms with Gasteiger partial charge in [-0.15, -0.1) is 0 Å². The second-order valence-electron chi connectivity index (χ2n) is 8.23. The van der Waals surface area contributed by atoms with Crippen LogP contribution in [-0.4, -0.2) is 23.0 Å². The molecule has 3 nitrogen and oxygen atoms in total. The predicted octanol–water partition coefficient (Wildman–Crippen LogP) is 5.37. The number of rotatable bonds is 7. The zero-order valence-electron chi connectivity index (χ0n) is 17.8. The third-order valence-corrected chi connectivity index (χ3v) is 5.94. The van der Waals surface area contributed by atoms with Crippen molar-refractivity contribution in [3.63, 3.8) is 0 Å². The first-order valence-electron chi connectivity index (χ1n) is 11.0. The van der Waals surface area contributed by atoms with E-state index in [9.17, 15) is 0 Å². The monoisotopic (exact) mass is 397 g/mol. The summed E-state index contributed by atoms with van der Waals surface area (Å²) in [4.78, 5) is 7.16. The molecule has 2 N–H and O–H groups in total. The largest absolute Gasteiger partial charge is 0.398 e. The number of hydrogen-bond acceptors (Lipinski definition) is 3. The van der Waals surface area contributed by atoms with E-state index in [0.717, 1.165) is 42.9 Å². The summed E-state index contributed by atoms with van der Waals surface area (Å²) >= 11 is 0. The molecule has 1 unspecified atom stereocenters. The fourth-order valence-electron chi connectivity index (χ4n) is 4.24. The van der Waals surface area contributed by atoms with Crippen LogP contribution in [0.1, 0.15) is 53.6 Å². The maximum atomic E-state index is 6.05. The van der Waals surface area contributed by atoms with Gasteiger partial charge in [0.15, 0.2) is 0 Å². The average Bonchev–Trinajstić information content (AvgIpc) is 3.25. The zero-order chi connectivity index (χ0) is 20.8. The topological polar surface area (TPSA) is 42.1 Å². The highest BCUT2D eigenvalue weighted by Gasteiger charge is 2.23. The van der Waals surface area contributed by atoms with Crippen molar-refractivity contribution >= 4 is 5.70 Å². The highest BCUT2D eigenvalue weighted by Crippen LogP contribution is 2.28. The molecular weight excluding hydrogens is 366 g/mol. The molecule has 1 saturated heterocycles. The molecule has 0 saturated carbocycles. The quantitative estimate of drug-likeness (QED) is 0.583. The molecule has 1 aliphatic rings. The highest BCUT2D eigenvalue weighted by molar-refractivity contribution is 5.61. The van der Waals surface area contributed by atoms with Crippen LogP contribution in [-0.2, 0) is 13.0 Å². The normalized spacial score (nSPS) is 17.4. The summed E-state index contributed by atoms with van der Waals surface area (Å²) in [7, 11) is 0. The molecule has 1 aliphatic heterocycles. The third kappa shape index (κ3) is 5.17. The van der Waals surface area contributed by atoms with E-state index in [2.05, 4.69) is 83.5 Å². The van der Waals surface area contributed by atoms with E-state index in [-0.39, 0.29) is 0 Å². The van der Waals surface area contributed by atoms with Crippen LogP contribution in [0.15, 0.2) is 79.0 Å². The van der Waals surface area contributed by atoms with Gasteiger partial charge < -0.3 is 5.73 Å². The van der Waals surface area contributed by atoms with Crippen LogP contribution in [0.25, 0.3) is 5.70 Å². The minimum absolute atomic E-state index is 0.667. The van der Waals surface area contributed by atoms with Crippen molar-refractivity contribution in [1.82, 2.24) is 9.88 Å². The van der Waals surface area contributed by atoms with Gasteiger partial charge in [-0.3, -0.25) is 9.88 Å². The first kappa shape index (κ1) is 20.4. The summed E-state index contributed by atoms with van der Waals surface area (Å²) in [5, 5.41) is 0. The number of pyridine rings is 1. The van der Waals surface area contributed by atoms with Gasteiger partial charge in [0, 0.05) is 42.7 Å². The van der Waals surface area contributed by atoms with Crippen LogP contribution in [0.5, 0.6) is 0 Å². The summed E-state index contributed by atoms with van der Waals surface area (Å²) in [5.74, 6) is 0.667. The van der Waals surface area contributed by atoms with E-state index in [1.165, 1.54) is 29.7 Å². The SMILES string of the molecule is CC/C=C(/N)c1ccc(Cc2ccc(CN3CCC(c4ccccc4)C3)cc2)nc1. The van der Waals surface area contributed by atoms with Gasteiger partial charge in [-0.05, 0) is 54.1 Å². The van der Waals surface area contributed by atoms with Gasteiger partial charge in [0.25, 0.3) is 0 Å². The Kier molecular flexibility index (Phi) is 6.60. The first-order chi connectivity index (χ1) is 14.7. The lowest BCUT2D eigenvalue weighted by atomic mass is 9.99. The number of nitrogens with zero attached hydrogens (tertiary/aromatic N) is 2. The van der Waals surface area contributed by atoms with Crippen molar-refractivity contribution in [3.05, 3.63) is 107 Å². The van der Waals surface area contributed by atoms with E-state index in [4.69, 9.17) is 5.73 Å². The lowest BCUT2D eigenvalue weighted by Gasteiger charge is -2.16. The molecule has 1 atom stereocenters. The molecule has 4 rings (SSSR count). The van der Waals surface area contributed by atoms with Crippen molar-refractivity contribution in [2.45, 2.75) is 38.6 Å². The maximum absolute atomic E-state index is 6.05. The van der Waals surface area contributed by atoms with Gasteiger partial charge in [-0.1, -0.05) is 67.6 Å². The Balaban J connectivity index is 1.32. The Morgan fingerprint density at radius 3 is 2.50 bits per heavy atom. The average molecular weight is 398 g/mol. The van der Waals surface area contributed by atoms with E-state index < -0.39 is 0 Å². The van der Waals surface area contributed by atoms with Gasteiger partial charge >= 0.3 is 0 Å². The Morgan fingerprint density at radius 2 is 1.80 bits per heavy atom. The predicted molar refractivity (Wildman–Crippen MR) is 125 cm³/mol. The molecule has 2 heterocycles. The van der Waals surface area contributed by atoms with Crippen LogP contribution in [0.4, 0.5) is 0 Å². The summed E-state index contributed by atoms with van der Waals surface area (Å²) in [6, 6.07) is 24.1. The molecule has 0 radical (unpaired) electrons. The highest BCUT2D eigenvalue weighted by atomic mass is 15.1. The molecular formula is C27H31N3. The fraction of sp³-hybridized carbons (Fsp3) is 0.296. The number of nitrogens with two attached hydrogens (primary N) is 1. The van der Waals surface area contributed by atoms with E-state index in [1.807, 2.05) is 12.3 Å². The molecule has 1 aromatic heterocycles. The second kappa shape index (κ2) is 9.73. The minimum Gasteiger partial charge on any atom is -0.398 e. The van der Waals surface area contributed by atoms with Crippen LogP contribution >= 0.6 is 0 Å². The van der Waals surface area contributed by atoms with Crippen molar-refractivity contribution in [3.8, 4) is 0 Å². The molecule has 0 amide bonds. The Morgan fingerprint density at radius 1 is 1.03 bits per heavy atom. The van der Waals surface area contributed by atoms with E-state index >= 15 is 0 Å². The van der Waals surface area contributed by atoms with Crippen molar-refractivity contribution in [1.29, 1.82) is 0 Å². The van der Waals surface area contributed by atoms with Gasteiger partial charge in [0.05, 0.1) is 0 Å². The molecule has 0 aliphatic carbocycles. The molecule has 0 bridgehead atoms. The smallest absolute Gasteiger partial charge is 0.0447 e. The van der Waals surface area contributed by atoms with Crippen LogP contribution in [0.3, 0.4) is 0 Å². The molecule has 1 fully saturated rings. The summed E-state index contributed by atoms with van der Waals surface area (Å²) in [5.41, 5.74) is 13.1. The van der Waals surface area contributed by atoms with Crippen LogP contribution < -0.4 is 5.73 Å². The molecule has 30 heavy (non-hydrogen) atoms. The van der Waals surface area contributed by atoms with E-state index in [1.54, 1.807) is 0 Å². The maximum Gasteiger partial charge on any atom is 0.0447 e. The summed E-state index contributed by atoms with van der Waals surface area (Å²) in [6.45, 7) is 5.44. The number of aromatic nitrogens is 1. The number of hydrogen-bond donors (Lipinski definition) is 1. The summed E-state index contributed by atoms with van der Waals surface area (Å²) in [6.07, 6.45) is 6.93. The van der Waals surface area contributed by atoms with Crippen molar-refractivity contribution in [2.75, 3.05) is 13.1 Å². The second-order valence-corrected chi connectivity index (χ2v) is 8.23. The Bertz CT molecular complexity index is 959. The lowest BCUT2D eigenvalue weighted by molar-refractivity contribution is 0.327. The van der Waals surface area contributed by atoms with Crippen molar-refractivity contribution < 1.29 is 0 Å². The fourth-order valence-corrected chi connectivity index (χ4v) is 4.24. The molecule has 0 spiro atoms. The minimum atomic E-state index is 0.667. The van der Waals surface area contributed by atoms with Gasteiger partial charge in [0.2, 0.25) is 0 Å². The van der Waals surface area contributed by atoms with Gasteiger partial charge in [-0.25, -0.2) is 0 Å². The Hall–Kier alpha value is -2.91. The summed E-state index contributed by atoms with van der Waals surface area (Å²) < 4.78 is 0. The van der Waals surface area contributed by atoms with Crippen LogP contribution in [0, 0.1) is 0 Å². The first-order valence-corrected chi connectivity index (χ1v) is 11.0. The third-order valence-electron chi connectivity index (χ3n) is 5.94. The molecule has 154 valence electrons. The molecule has 3 heteroatoms. The number of likely N-dealkylation sites (tertiary alicyclic amines) is 1. The number of benzene rings is 2. The Labute approximate surface area is 180 Å². The zero-order valence-corrected chi connectivity index (χ0v) is 17.8. The van der Waals surface area contributed by atoms with Gasteiger partial charge in [0.1, 0.15) is 0 Å². The van der Waals surface area contributed by atoms with Gasteiger partial charge in [-0.2, -0.15) is 0 Å². The molecule has 2 aromatic carbocycles. The van der Waals surface area contributed by atoms with Crippen molar-refractivity contribution in [2.24, 2.45) is 5.73 Å². The standard InChI is InChI=1S/C27H31N3/c1-2-6-27(28)24-13-14-26(29-18-24)17-21-9-11-22(12-10-21)19-30-16-15-25(20-30)23-7-4-3-5-8-23/h3-14,18,25H,2,15-17,19-20,28H2,1H3/b27-6+. The van der Waals surface area contributed by atoms with Crippen LogP contribution in [0.2, 0.25) is 0 Å².